The minimum absolute atomic E-state index is 0.220. The Morgan fingerprint density at radius 2 is 1.71 bits per heavy atom. The van der Waals surface area contributed by atoms with E-state index in [0.717, 1.165) is 6.42 Å². The molecule has 1 aromatic carbocycles. The molecule has 0 bridgehead atoms. The number of aliphatic hydroxyl groups excluding tert-OH is 1. The second-order valence-electron chi connectivity index (χ2n) is 5.38. The Bertz CT molecular complexity index is 393. The predicted molar refractivity (Wildman–Crippen MR) is 72.5 cm³/mol. The third-order valence-electron chi connectivity index (χ3n) is 4.26. The van der Waals surface area contributed by atoms with Crippen LogP contribution in [0.3, 0.4) is 0 Å². The Morgan fingerprint density at radius 3 is 2.35 bits per heavy atom. The summed E-state index contributed by atoms with van der Waals surface area (Å²) in [6.45, 7) is 6.52. The third kappa shape index (κ3) is 2.44. The van der Waals surface area contributed by atoms with Gasteiger partial charge in [0.15, 0.2) is 0 Å². The average molecular weight is 230 g/mol. The Kier molecular flexibility index (Phi) is 3.68. The predicted octanol–water partition coefficient (Wildman–Crippen LogP) is 3.74. The van der Waals surface area contributed by atoms with Gasteiger partial charge in [0, 0.05) is 5.92 Å². The van der Waals surface area contributed by atoms with E-state index in [2.05, 4.69) is 51.1 Å². The van der Waals surface area contributed by atoms with Gasteiger partial charge in [0.1, 0.15) is 0 Å². The van der Waals surface area contributed by atoms with Crippen LogP contribution >= 0.6 is 0 Å². The van der Waals surface area contributed by atoms with E-state index in [4.69, 9.17) is 0 Å². The van der Waals surface area contributed by atoms with E-state index in [1.807, 2.05) is 6.07 Å². The molecule has 92 valence electrons. The van der Waals surface area contributed by atoms with E-state index in [1.54, 1.807) is 0 Å². The maximum Gasteiger partial charge on any atom is 0.0634 e. The van der Waals surface area contributed by atoms with Crippen LogP contribution in [0.25, 0.3) is 5.57 Å². The van der Waals surface area contributed by atoms with Crippen molar-refractivity contribution in [2.75, 3.05) is 0 Å². The van der Waals surface area contributed by atoms with Crippen molar-refractivity contribution in [3.63, 3.8) is 0 Å². The zero-order chi connectivity index (χ0) is 12.4. The van der Waals surface area contributed by atoms with Crippen molar-refractivity contribution in [2.45, 2.75) is 33.3 Å². The quantitative estimate of drug-likeness (QED) is 0.779. The van der Waals surface area contributed by atoms with Gasteiger partial charge in [-0.05, 0) is 29.4 Å². The second kappa shape index (κ2) is 5.05. The fourth-order valence-corrected chi connectivity index (χ4v) is 2.70. The average Bonchev–Trinajstić information content (AvgIpc) is 2.45. The molecule has 0 radical (unpaired) electrons. The summed E-state index contributed by atoms with van der Waals surface area (Å²) < 4.78 is 0. The monoisotopic (exact) mass is 230 g/mol. The highest BCUT2D eigenvalue weighted by Gasteiger charge is 2.30. The Labute approximate surface area is 104 Å². The van der Waals surface area contributed by atoms with Crippen LogP contribution in [-0.2, 0) is 0 Å². The largest absolute Gasteiger partial charge is 0.392 e. The van der Waals surface area contributed by atoms with Gasteiger partial charge >= 0.3 is 0 Å². The zero-order valence-electron chi connectivity index (χ0n) is 10.9. The normalized spacial score (nSPS) is 34.0. The van der Waals surface area contributed by atoms with Crippen LogP contribution in [-0.4, -0.2) is 11.2 Å². The first kappa shape index (κ1) is 12.4. The van der Waals surface area contributed by atoms with E-state index >= 15 is 0 Å². The van der Waals surface area contributed by atoms with Gasteiger partial charge in [-0.2, -0.15) is 0 Å². The molecule has 17 heavy (non-hydrogen) atoms. The lowest BCUT2D eigenvalue weighted by Crippen LogP contribution is -2.28. The Balaban J connectivity index is 2.34. The maximum absolute atomic E-state index is 10.4. The molecule has 2 rings (SSSR count). The minimum Gasteiger partial charge on any atom is -0.392 e. The van der Waals surface area contributed by atoms with Crippen molar-refractivity contribution >= 4 is 5.57 Å². The van der Waals surface area contributed by atoms with E-state index in [-0.39, 0.29) is 12.0 Å². The van der Waals surface area contributed by atoms with E-state index in [1.165, 1.54) is 11.1 Å². The summed E-state index contributed by atoms with van der Waals surface area (Å²) in [5.74, 6) is 1.13. The van der Waals surface area contributed by atoms with Gasteiger partial charge in [0.05, 0.1) is 6.10 Å². The van der Waals surface area contributed by atoms with Crippen molar-refractivity contribution in [3.8, 4) is 0 Å². The summed E-state index contributed by atoms with van der Waals surface area (Å²) in [7, 11) is 0. The van der Waals surface area contributed by atoms with Gasteiger partial charge in [0.2, 0.25) is 0 Å². The lowest BCUT2D eigenvalue weighted by atomic mass is 9.83. The first-order valence-electron chi connectivity index (χ1n) is 6.54. The van der Waals surface area contributed by atoms with Crippen molar-refractivity contribution in [1.29, 1.82) is 0 Å². The molecule has 0 saturated carbocycles. The SMILES string of the molecule is C[C@H]1[C@@H](O)[C@@H](C)C(c2ccccc2)=CC[C@H]1C. The molecular weight excluding hydrogens is 208 g/mol. The number of hydrogen-bond donors (Lipinski definition) is 1. The molecule has 1 aliphatic rings. The van der Waals surface area contributed by atoms with Crippen LogP contribution in [0.5, 0.6) is 0 Å². The molecule has 1 N–H and O–H groups in total. The van der Waals surface area contributed by atoms with Gasteiger partial charge in [-0.15, -0.1) is 0 Å². The smallest absolute Gasteiger partial charge is 0.0634 e. The highest BCUT2D eigenvalue weighted by Crippen LogP contribution is 2.36. The molecule has 0 aromatic heterocycles. The molecule has 0 saturated heterocycles. The molecule has 1 heteroatoms. The first-order chi connectivity index (χ1) is 8.11. The van der Waals surface area contributed by atoms with Gasteiger partial charge in [0.25, 0.3) is 0 Å². The van der Waals surface area contributed by atoms with Gasteiger partial charge < -0.3 is 5.11 Å². The second-order valence-corrected chi connectivity index (χ2v) is 5.38. The van der Waals surface area contributed by atoms with Gasteiger partial charge in [-0.25, -0.2) is 0 Å². The molecule has 1 nitrogen and oxygen atoms in total. The molecule has 1 aliphatic carbocycles. The summed E-state index contributed by atoms with van der Waals surface area (Å²) in [5.41, 5.74) is 2.55. The molecule has 4 atom stereocenters. The molecule has 0 amide bonds. The standard InChI is InChI=1S/C16H22O/c1-11-9-10-15(13(3)16(17)12(11)2)14-7-5-4-6-8-14/h4-8,10-13,16-17H,9H2,1-3H3/t11-,12-,13+,16-/m1/s1. The molecule has 0 unspecified atom stereocenters. The highest BCUT2D eigenvalue weighted by molar-refractivity contribution is 5.68. The maximum atomic E-state index is 10.4. The summed E-state index contributed by atoms with van der Waals surface area (Å²) in [4.78, 5) is 0. The van der Waals surface area contributed by atoms with E-state index in [9.17, 15) is 5.11 Å². The lowest BCUT2D eigenvalue weighted by molar-refractivity contribution is 0.0647. The van der Waals surface area contributed by atoms with Crippen molar-refractivity contribution < 1.29 is 5.11 Å². The number of hydrogen-bond acceptors (Lipinski definition) is 1. The minimum atomic E-state index is -0.237. The number of aliphatic hydroxyl groups is 1. The molecular formula is C16H22O. The van der Waals surface area contributed by atoms with Crippen LogP contribution in [0.1, 0.15) is 32.8 Å². The van der Waals surface area contributed by atoms with Crippen LogP contribution in [0.2, 0.25) is 0 Å². The summed E-state index contributed by atoms with van der Waals surface area (Å²) in [5, 5.41) is 10.4. The van der Waals surface area contributed by atoms with Crippen molar-refractivity contribution in [3.05, 3.63) is 42.0 Å². The number of allylic oxidation sites excluding steroid dienone is 1. The van der Waals surface area contributed by atoms with E-state index in [0.29, 0.717) is 11.8 Å². The lowest BCUT2D eigenvalue weighted by Gasteiger charge is -2.27. The molecule has 0 aliphatic heterocycles. The summed E-state index contributed by atoms with van der Waals surface area (Å²) in [6, 6.07) is 10.4. The van der Waals surface area contributed by atoms with Crippen LogP contribution in [0.15, 0.2) is 36.4 Å². The Hall–Kier alpha value is -1.08. The fraction of sp³-hybridized carbons (Fsp3) is 0.500. The number of rotatable bonds is 1. The third-order valence-corrected chi connectivity index (χ3v) is 4.26. The molecule has 0 heterocycles. The van der Waals surface area contributed by atoms with Gasteiger partial charge in [-0.3, -0.25) is 0 Å². The van der Waals surface area contributed by atoms with Crippen LogP contribution < -0.4 is 0 Å². The molecule has 0 spiro atoms. The van der Waals surface area contributed by atoms with Crippen molar-refractivity contribution in [1.82, 2.24) is 0 Å². The number of benzene rings is 1. The van der Waals surface area contributed by atoms with Crippen molar-refractivity contribution in [2.24, 2.45) is 17.8 Å². The topological polar surface area (TPSA) is 20.2 Å². The molecule has 1 aromatic rings. The fourth-order valence-electron chi connectivity index (χ4n) is 2.70. The summed E-state index contributed by atoms with van der Waals surface area (Å²) >= 11 is 0. The molecule has 0 fully saturated rings. The van der Waals surface area contributed by atoms with E-state index < -0.39 is 0 Å². The zero-order valence-corrected chi connectivity index (χ0v) is 10.9. The highest BCUT2D eigenvalue weighted by atomic mass is 16.3. The summed E-state index contributed by atoms with van der Waals surface area (Å²) in [6.07, 6.45) is 3.14. The Morgan fingerprint density at radius 1 is 1.06 bits per heavy atom. The van der Waals surface area contributed by atoms with Crippen LogP contribution in [0, 0.1) is 17.8 Å². The van der Waals surface area contributed by atoms with Crippen LogP contribution in [0.4, 0.5) is 0 Å². The van der Waals surface area contributed by atoms with Gasteiger partial charge in [-0.1, -0.05) is 57.2 Å². The first-order valence-corrected chi connectivity index (χ1v) is 6.54.